The Morgan fingerprint density at radius 2 is 1.96 bits per heavy atom. The van der Waals surface area contributed by atoms with Gasteiger partial charge in [0.25, 0.3) is 0 Å². The summed E-state index contributed by atoms with van der Waals surface area (Å²) in [6.07, 6.45) is 5.36. The van der Waals surface area contributed by atoms with Crippen LogP contribution in [-0.2, 0) is 17.7 Å². The Morgan fingerprint density at radius 1 is 1.20 bits per heavy atom. The average Bonchev–Trinajstić information content (AvgIpc) is 2.93. The quantitative estimate of drug-likeness (QED) is 0.527. The first kappa shape index (κ1) is 19.3. The number of fused-ring (bicyclic) bond motifs is 1. The van der Waals surface area contributed by atoms with Crippen molar-refractivity contribution in [2.75, 3.05) is 20.7 Å². The zero-order chi connectivity index (χ0) is 18.4. The van der Waals surface area contributed by atoms with Gasteiger partial charge in [0.05, 0.1) is 12.2 Å². The molecule has 0 spiro atoms. The van der Waals surface area contributed by atoms with Crippen molar-refractivity contribution in [3.8, 4) is 5.75 Å². The topological polar surface area (TPSA) is 65.6 Å². The second-order valence-corrected chi connectivity index (χ2v) is 6.73. The van der Waals surface area contributed by atoms with Gasteiger partial charge in [-0.05, 0) is 46.0 Å². The Morgan fingerprint density at radius 3 is 2.60 bits per heavy atom. The first-order valence-electron chi connectivity index (χ1n) is 9.16. The lowest BCUT2D eigenvalue weighted by Gasteiger charge is -2.13. The van der Waals surface area contributed by atoms with Crippen molar-refractivity contribution < 1.29 is 14.6 Å². The minimum Gasteiger partial charge on any atom is -0.508 e. The summed E-state index contributed by atoms with van der Waals surface area (Å²) >= 11 is 0. The highest BCUT2D eigenvalue weighted by Crippen LogP contribution is 2.33. The lowest BCUT2D eigenvalue weighted by molar-refractivity contribution is 0.0527. The van der Waals surface area contributed by atoms with Crippen molar-refractivity contribution >= 4 is 16.9 Å². The Hall–Kier alpha value is -2.01. The number of carbonyl (C=O) groups excluding carboxylic acids is 1. The number of phenolic OH excluding ortho intramolecular Hbond substituents is 1. The smallest absolute Gasteiger partial charge is 0.340 e. The fraction of sp³-hybridized carbons (Fsp3) is 0.550. The molecule has 0 atom stereocenters. The van der Waals surface area contributed by atoms with Gasteiger partial charge in [-0.1, -0.05) is 26.2 Å². The van der Waals surface area contributed by atoms with Crippen molar-refractivity contribution in [3.05, 3.63) is 29.0 Å². The zero-order valence-electron chi connectivity index (χ0n) is 15.8. The van der Waals surface area contributed by atoms with Gasteiger partial charge in [0.2, 0.25) is 0 Å². The van der Waals surface area contributed by atoms with Gasteiger partial charge < -0.3 is 19.7 Å². The Kier molecular flexibility index (Phi) is 6.88. The highest BCUT2D eigenvalue weighted by Gasteiger charge is 2.23. The molecule has 0 unspecified atom stereocenters. The number of ether oxygens (including phenoxy) is 1. The molecule has 25 heavy (non-hydrogen) atoms. The lowest BCUT2D eigenvalue weighted by Crippen LogP contribution is -2.13. The van der Waals surface area contributed by atoms with Crippen LogP contribution in [0.25, 0.3) is 10.9 Å². The maximum absolute atomic E-state index is 12.6. The fourth-order valence-corrected chi connectivity index (χ4v) is 3.22. The molecule has 0 aliphatic rings. The number of carbonyl (C=O) groups is 1. The molecule has 1 aromatic heterocycles. The van der Waals surface area contributed by atoms with E-state index in [-0.39, 0.29) is 11.7 Å². The Bertz CT molecular complexity index is 719. The van der Waals surface area contributed by atoms with E-state index in [0.29, 0.717) is 18.7 Å². The summed E-state index contributed by atoms with van der Waals surface area (Å²) in [5.74, 6) is -0.104. The van der Waals surface area contributed by atoms with Crippen LogP contribution < -0.4 is 0 Å². The number of unbranched alkanes of at least 4 members (excludes halogenated alkanes) is 3. The number of aryl methyl sites for hydroxylation is 1. The third-order valence-electron chi connectivity index (χ3n) is 4.36. The average molecular weight is 346 g/mol. The van der Waals surface area contributed by atoms with Crippen LogP contribution in [0.5, 0.6) is 5.75 Å². The third-order valence-corrected chi connectivity index (χ3v) is 4.36. The van der Waals surface area contributed by atoms with Gasteiger partial charge in [-0.2, -0.15) is 0 Å². The number of aromatic hydroxyl groups is 1. The molecule has 5 heteroatoms. The van der Waals surface area contributed by atoms with E-state index in [0.717, 1.165) is 41.4 Å². The van der Waals surface area contributed by atoms with Crippen molar-refractivity contribution in [2.45, 2.75) is 52.5 Å². The molecule has 0 saturated carbocycles. The van der Waals surface area contributed by atoms with Gasteiger partial charge in [-0.25, -0.2) is 4.79 Å². The summed E-state index contributed by atoms with van der Waals surface area (Å²) in [6.45, 7) is 4.89. The standard InChI is InChI=1S/C20H30N2O3/c1-5-7-8-9-10-15-19(20(24)25-6-2)18-14(13-22(3)4)17(23)12-11-16(18)21-15/h11-12,21,23H,5-10,13H2,1-4H3. The Labute approximate surface area is 150 Å². The molecular weight excluding hydrogens is 316 g/mol. The van der Waals surface area contributed by atoms with E-state index in [1.165, 1.54) is 12.8 Å². The number of aromatic amines is 1. The second-order valence-electron chi connectivity index (χ2n) is 6.73. The zero-order valence-corrected chi connectivity index (χ0v) is 15.8. The number of hydrogen-bond donors (Lipinski definition) is 2. The van der Waals surface area contributed by atoms with Crippen LogP contribution >= 0.6 is 0 Å². The summed E-state index contributed by atoms with van der Waals surface area (Å²) in [4.78, 5) is 18.0. The van der Waals surface area contributed by atoms with Crippen molar-refractivity contribution in [1.82, 2.24) is 9.88 Å². The minimum atomic E-state index is -0.315. The molecule has 5 nitrogen and oxygen atoms in total. The van der Waals surface area contributed by atoms with Crippen molar-refractivity contribution in [1.29, 1.82) is 0 Å². The van der Waals surface area contributed by atoms with Gasteiger partial charge in [-0.3, -0.25) is 0 Å². The summed E-state index contributed by atoms with van der Waals surface area (Å²) in [7, 11) is 3.89. The number of benzene rings is 1. The lowest BCUT2D eigenvalue weighted by atomic mass is 10.0. The summed E-state index contributed by atoms with van der Waals surface area (Å²) in [6, 6.07) is 3.52. The summed E-state index contributed by atoms with van der Waals surface area (Å²) in [5, 5.41) is 11.1. The largest absolute Gasteiger partial charge is 0.508 e. The highest BCUT2D eigenvalue weighted by atomic mass is 16.5. The van der Waals surface area contributed by atoms with Crippen LogP contribution in [-0.4, -0.2) is 41.7 Å². The molecule has 2 aromatic rings. The molecule has 1 aromatic carbocycles. The van der Waals surface area contributed by atoms with E-state index >= 15 is 0 Å². The van der Waals surface area contributed by atoms with E-state index in [2.05, 4.69) is 11.9 Å². The van der Waals surface area contributed by atoms with Crippen LogP contribution in [0.3, 0.4) is 0 Å². The summed E-state index contributed by atoms with van der Waals surface area (Å²) in [5.41, 5.74) is 3.14. The van der Waals surface area contributed by atoms with Crippen molar-refractivity contribution in [2.24, 2.45) is 0 Å². The van der Waals surface area contributed by atoms with Gasteiger partial charge >= 0.3 is 5.97 Å². The van der Waals surface area contributed by atoms with Gasteiger partial charge in [0, 0.05) is 28.7 Å². The minimum absolute atomic E-state index is 0.211. The molecule has 138 valence electrons. The van der Waals surface area contributed by atoms with Crippen LogP contribution in [0.4, 0.5) is 0 Å². The van der Waals surface area contributed by atoms with Gasteiger partial charge in [0.15, 0.2) is 0 Å². The first-order chi connectivity index (χ1) is 12.0. The van der Waals surface area contributed by atoms with Crippen LogP contribution in [0.15, 0.2) is 12.1 Å². The molecule has 0 aliphatic heterocycles. The van der Waals surface area contributed by atoms with Crippen LogP contribution in [0, 0.1) is 0 Å². The number of hydrogen-bond acceptors (Lipinski definition) is 4. The predicted molar refractivity (Wildman–Crippen MR) is 101 cm³/mol. The van der Waals surface area contributed by atoms with E-state index in [1.54, 1.807) is 6.07 Å². The predicted octanol–water partition coefficient (Wildman–Crippen LogP) is 4.23. The number of nitrogens with one attached hydrogen (secondary N) is 1. The SMILES string of the molecule is CCCCCCc1[nH]c2ccc(O)c(CN(C)C)c2c1C(=O)OCC. The molecule has 2 N–H and O–H groups in total. The van der Waals surface area contributed by atoms with E-state index < -0.39 is 0 Å². The number of esters is 1. The molecule has 0 amide bonds. The van der Waals surface area contributed by atoms with E-state index in [9.17, 15) is 9.90 Å². The Balaban J connectivity index is 2.52. The maximum atomic E-state index is 12.6. The molecule has 0 fully saturated rings. The molecule has 0 saturated heterocycles. The summed E-state index contributed by atoms with van der Waals surface area (Å²) < 4.78 is 5.31. The molecule has 0 aliphatic carbocycles. The fourth-order valence-electron chi connectivity index (χ4n) is 3.22. The van der Waals surface area contributed by atoms with Gasteiger partial charge in [-0.15, -0.1) is 0 Å². The van der Waals surface area contributed by atoms with Gasteiger partial charge in [0.1, 0.15) is 5.75 Å². The molecular formula is C20H30N2O3. The number of aromatic nitrogens is 1. The highest BCUT2D eigenvalue weighted by molar-refractivity contribution is 6.07. The molecule has 0 radical (unpaired) electrons. The molecule has 2 rings (SSSR count). The maximum Gasteiger partial charge on any atom is 0.340 e. The third kappa shape index (κ3) is 4.54. The first-order valence-corrected chi connectivity index (χ1v) is 9.16. The number of rotatable bonds is 9. The van der Waals surface area contributed by atoms with E-state index in [1.807, 2.05) is 32.0 Å². The normalized spacial score (nSPS) is 11.4. The second kappa shape index (κ2) is 8.90. The van der Waals surface area contributed by atoms with Crippen molar-refractivity contribution in [3.63, 3.8) is 0 Å². The number of nitrogens with zero attached hydrogens (tertiary/aromatic N) is 1. The monoisotopic (exact) mass is 346 g/mol. The number of phenols is 1. The van der Waals surface area contributed by atoms with Crippen LogP contribution in [0.1, 0.15) is 61.1 Å². The number of H-pyrrole nitrogens is 1. The van der Waals surface area contributed by atoms with E-state index in [4.69, 9.17) is 4.74 Å². The molecule has 0 bridgehead atoms. The molecule has 1 heterocycles. The van der Waals surface area contributed by atoms with Crippen LogP contribution in [0.2, 0.25) is 0 Å².